The molecule has 1 aliphatic rings. The Hall–Kier alpha value is -1.14. The van der Waals surface area contributed by atoms with Crippen LogP contribution in [-0.2, 0) is 14.3 Å². The van der Waals surface area contributed by atoms with Crippen LogP contribution in [0.4, 0.5) is 0 Å². The molecule has 0 radical (unpaired) electrons. The summed E-state index contributed by atoms with van der Waals surface area (Å²) in [6.45, 7) is 1.88. The monoisotopic (exact) mass is 203 g/mol. The van der Waals surface area contributed by atoms with Crippen LogP contribution in [0.1, 0.15) is 6.42 Å². The molecule has 0 aromatic rings. The summed E-state index contributed by atoms with van der Waals surface area (Å²) < 4.78 is 5.05. The lowest BCUT2D eigenvalue weighted by Crippen LogP contribution is -2.48. The maximum absolute atomic E-state index is 10.8. The first kappa shape index (κ1) is 10.9. The van der Waals surface area contributed by atoms with Crippen molar-refractivity contribution in [3.63, 3.8) is 0 Å². The molecule has 0 aromatic carbocycles. The first-order valence-electron chi connectivity index (χ1n) is 4.37. The molecule has 0 saturated carbocycles. The zero-order chi connectivity index (χ0) is 10.6. The van der Waals surface area contributed by atoms with Crippen LogP contribution in [0.5, 0.6) is 0 Å². The summed E-state index contributed by atoms with van der Waals surface area (Å²) in [7, 11) is 0. The summed E-state index contributed by atoms with van der Waals surface area (Å²) in [5.74, 6) is -2.18. The van der Waals surface area contributed by atoms with E-state index in [0.29, 0.717) is 26.3 Å². The van der Waals surface area contributed by atoms with Gasteiger partial charge in [0.05, 0.1) is 19.6 Å². The van der Waals surface area contributed by atoms with Gasteiger partial charge >= 0.3 is 11.9 Å². The largest absolute Gasteiger partial charge is 0.481 e. The van der Waals surface area contributed by atoms with E-state index in [1.807, 2.05) is 0 Å². The van der Waals surface area contributed by atoms with Gasteiger partial charge < -0.3 is 14.9 Å². The molecule has 6 heteroatoms. The van der Waals surface area contributed by atoms with Crippen molar-refractivity contribution in [2.75, 3.05) is 26.3 Å². The molecular formula is C8H13NO5. The second-order valence-corrected chi connectivity index (χ2v) is 3.10. The third-order valence-electron chi connectivity index (χ3n) is 2.14. The minimum absolute atomic E-state index is 0.366. The molecule has 0 bridgehead atoms. The SMILES string of the molecule is O=C(O)CC(C(=O)O)N1CCOCC1. The van der Waals surface area contributed by atoms with Crippen LogP contribution >= 0.6 is 0 Å². The van der Waals surface area contributed by atoms with Crippen molar-refractivity contribution in [3.8, 4) is 0 Å². The summed E-state index contributed by atoms with van der Waals surface area (Å²) in [4.78, 5) is 22.8. The normalized spacial score (nSPS) is 20.3. The zero-order valence-corrected chi connectivity index (χ0v) is 7.68. The molecule has 6 nitrogen and oxygen atoms in total. The van der Waals surface area contributed by atoms with Gasteiger partial charge in [0.15, 0.2) is 0 Å². The van der Waals surface area contributed by atoms with Gasteiger partial charge in [-0.3, -0.25) is 14.5 Å². The fourth-order valence-corrected chi connectivity index (χ4v) is 1.43. The zero-order valence-electron chi connectivity index (χ0n) is 7.68. The maximum Gasteiger partial charge on any atom is 0.321 e. The van der Waals surface area contributed by atoms with Crippen molar-refractivity contribution in [1.29, 1.82) is 0 Å². The molecule has 80 valence electrons. The number of hydrogen-bond donors (Lipinski definition) is 2. The summed E-state index contributed by atoms with van der Waals surface area (Å²) in [6, 6.07) is -0.934. The molecular weight excluding hydrogens is 190 g/mol. The molecule has 1 saturated heterocycles. The Kier molecular flexibility index (Phi) is 3.84. The van der Waals surface area contributed by atoms with E-state index < -0.39 is 18.0 Å². The van der Waals surface area contributed by atoms with Gasteiger partial charge in [0.1, 0.15) is 6.04 Å². The summed E-state index contributed by atoms with van der Waals surface area (Å²) in [6.07, 6.45) is -0.366. The highest BCUT2D eigenvalue weighted by atomic mass is 16.5. The number of rotatable bonds is 4. The highest BCUT2D eigenvalue weighted by molar-refractivity contribution is 5.80. The lowest BCUT2D eigenvalue weighted by atomic mass is 10.1. The van der Waals surface area contributed by atoms with Crippen molar-refractivity contribution in [2.24, 2.45) is 0 Å². The smallest absolute Gasteiger partial charge is 0.321 e. The van der Waals surface area contributed by atoms with Crippen LogP contribution in [0.15, 0.2) is 0 Å². The van der Waals surface area contributed by atoms with Crippen LogP contribution in [0.2, 0.25) is 0 Å². The molecule has 14 heavy (non-hydrogen) atoms. The number of carboxylic acids is 2. The molecule has 0 spiro atoms. The molecule has 1 atom stereocenters. The lowest BCUT2D eigenvalue weighted by Gasteiger charge is -2.30. The predicted octanol–water partition coefficient (Wildman–Crippen LogP) is -0.753. The average molecular weight is 203 g/mol. The van der Waals surface area contributed by atoms with Gasteiger partial charge in [-0.2, -0.15) is 0 Å². The molecule has 1 fully saturated rings. The van der Waals surface area contributed by atoms with Crippen LogP contribution < -0.4 is 0 Å². The van der Waals surface area contributed by atoms with Crippen LogP contribution in [0.25, 0.3) is 0 Å². The molecule has 1 unspecified atom stereocenters. The highest BCUT2D eigenvalue weighted by Crippen LogP contribution is 2.08. The van der Waals surface area contributed by atoms with Crippen molar-refractivity contribution < 1.29 is 24.5 Å². The second-order valence-electron chi connectivity index (χ2n) is 3.10. The van der Waals surface area contributed by atoms with E-state index in [-0.39, 0.29) is 6.42 Å². The van der Waals surface area contributed by atoms with Crippen molar-refractivity contribution >= 4 is 11.9 Å². The van der Waals surface area contributed by atoms with E-state index >= 15 is 0 Å². The van der Waals surface area contributed by atoms with E-state index in [0.717, 1.165) is 0 Å². The number of carbonyl (C=O) groups is 2. The van der Waals surface area contributed by atoms with Gasteiger partial charge in [-0.1, -0.05) is 0 Å². The highest BCUT2D eigenvalue weighted by Gasteiger charge is 2.28. The molecule has 0 aliphatic carbocycles. The Morgan fingerprint density at radius 1 is 1.29 bits per heavy atom. The third-order valence-corrected chi connectivity index (χ3v) is 2.14. The van der Waals surface area contributed by atoms with E-state index in [1.165, 1.54) is 0 Å². The minimum atomic E-state index is -1.09. The summed E-state index contributed by atoms with van der Waals surface area (Å²) in [5, 5.41) is 17.4. The predicted molar refractivity (Wildman–Crippen MR) is 46.1 cm³/mol. The van der Waals surface area contributed by atoms with E-state index in [4.69, 9.17) is 14.9 Å². The summed E-state index contributed by atoms with van der Waals surface area (Å²) in [5.41, 5.74) is 0. The molecule has 1 rings (SSSR count). The topological polar surface area (TPSA) is 87.1 Å². The Morgan fingerprint density at radius 3 is 2.29 bits per heavy atom. The Labute approximate surface area is 81.1 Å². The first-order valence-corrected chi connectivity index (χ1v) is 4.37. The molecule has 0 aromatic heterocycles. The molecule has 2 N–H and O–H groups in total. The number of carboxylic acid groups (broad SMARTS) is 2. The minimum Gasteiger partial charge on any atom is -0.481 e. The molecule has 1 aliphatic heterocycles. The Balaban J connectivity index is 2.56. The second kappa shape index (κ2) is 4.92. The molecule has 1 heterocycles. The maximum atomic E-state index is 10.8. The Bertz CT molecular complexity index is 224. The van der Waals surface area contributed by atoms with E-state index in [9.17, 15) is 9.59 Å². The van der Waals surface area contributed by atoms with Gasteiger partial charge in [-0.15, -0.1) is 0 Å². The quantitative estimate of drug-likeness (QED) is 0.625. The van der Waals surface area contributed by atoms with E-state index in [1.54, 1.807) is 4.90 Å². The van der Waals surface area contributed by atoms with Gasteiger partial charge in [0.25, 0.3) is 0 Å². The fraction of sp³-hybridized carbons (Fsp3) is 0.750. The number of nitrogens with zero attached hydrogens (tertiary/aromatic N) is 1. The van der Waals surface area contributed by atoms with Crippen molar-refractivity contribution in [3.05, 3.63) is 0 Å². The van der Waals surface area contributed by atoms with Crippen LogP contribution in [-0.4, -0.2) is 59.4 Å². The van der Waals surface area contributed by atoms with Gasteiger partial charge in [0, 0.05) is 13.1 Å². The van der Waals surface area contributed by atoms with Crippen LogP contribution in [0.3, 0.4) is 0 Å². The first-order chi connectivity index (χ1) is 6.61. The number of aliphatic carboxylic acids is 2. The lowest BCUT2D eigenvalue weighted by molar-refractivity contribution is -0.151. The third kappa shape index (κ3) is 2.97. The van der Waals surface area contributed by atoms with Crippen molar-refractivity contribution in [2.45, 2.75) is 12.5 Å². The van der Waals surface area contributed by atoms with Crippen LogP contribution in [0, 0.1) is 0 Å². The number of hydrogen-bond acceptors (Lipinski definition) is 4. The number of morpholine rings is 1. The Morgan fingerprint density at radius 2 is 1.86 bits per heavy atom. The standard InChI is InChI=1S/C8H13NO5/c10-7(11)5-6(8(12)13)9-1-3-14-4-2-9/h6H,1-5H2,(H,10,11)(H,12,13). The fourth-order valence-electron chi connectivity index (χ4n) is 1.43. The average Bonchev–Trinajstić information content (AvgIpc) is 2.15. The summed E-state index contributed by atoms with van der Waals surface area (Å²) >= 11 is 0. The van der Waals surface area contributed by atoms with Gasteiger partial charge in [-0.05, 0) is 0 Å². The van der Waals surface area contributed by atoms with Gasteiger partial charge in [0.2, 0.25) is 0 Å². The van der Waals surface area contributed by atoms with Gasteiger partial charge in [-0.25, -0.2) is 0 Å². The molecule has 0 amide bonds. The van der Waals surface area contributed by atoms with E-state index in [2.05, 4.69) is 0 Å². The van der Waals surface area contributed by atoms with Crippen molar-refractivity contribution in [1.82, 2.24) is 4.90 Å². The number of ether oxygens (including phenoxy) is 1.